The standard InChI is InChI=1S/C23H33N3O9/c1-5-6-7-8-9-10-18(30)23(26-12-11-19(24)25-22(26)31)21(34-16(4)29)20(33-15(3)28)17(35-23)13-32-14(2)27/h11-12,17,20-21H,5-10,13H2,1-4H3,(H2,24,25,31)/t17-,20-,21-,23-/m1/s1. The molecule has 0 aromatic carbocycles. The third-order valence-corrected chi connectivity index (χ3v) is 5.52. The zero-order valence-electron chi connectivity index (χ0n) is 20.5. The lowest BCUT2D eigenvalue weighted by Crippen LogP contribution is -2.57. The molecule has 0 bridgehead atoms. The van der Waals surface area contributed by atoms with Crippen molar-refractivity contribution in [3.8, 4) is 0 Å². The van der Waals surface area contributed by atoms with Crippen molar-refractivity contribution >= 4 is 29.5 Å². The first kappa shape index (κ1) is 28.0. The Labute approximate surface area is 203 Å². The van der Waals surface area contributed by atoms with Crippen molar-refractivity contribution in [2.24, 2.45) is 0 Å². The average Bonchev–Trinajstić information content (AvgIpc) is 3.05. The topological polar surface area (TPSA) is 166 Å². The number of rotatable bonds is 12. The molecule has 0 unspecified atom stereocenters. The van der Waals surface area contributed by atoms with E-state index in [4.69, 9.17) is 24.7 Å². The van der Waals surface area contributed by atoms with Gasteiger partial charge < -0.3 is 24.7 Å². The first-order valence-corrected chi connectivity index (χ1v) is 11.6. The normalized spacial score (nSPS) is 23.5. The second-order valence-corrected chi connectivity index (χ2v) is 8.35. The second kappa shape index (κ2) is 12.4. The molecular formula is C23H33N3O9. The first-order valence-electron chi connectivity index (χ1n) is 11.6. The summed E-state index contributed by atoms with van der Waals surface area (Å²) in [6.45, 7) is 5.04. The summed E-state index contributed by atoms with van der Waals surface area (Å²) in [4.78, 5) is 65.8. The van der Waals surface area contributed by atoms with E-state index in [1.54, 1.807) is 0 Å². The molecule has 0 amide bonds. The molecule has 2 rings (SSSR count). The van der Waals surface area contributed by atoms with Crippen LogP contribution in [0.4, 0.5) is 5.82 Å². The van der Waals surface area contributed by atoms with Crippen molar-refractivity contribution < 1.29 is 38.1 Å². The zero-order valence-corrected chi connectivity index (χ0v) is 20.5. The predicted octanol–water partition coefficient (Wildman–Crippen LogP) is 1.23. The number of carbonyl (C=O) groups excluding carboxylic acids is 4. The van der Waals surface area contributed by atoms with E-state index >= 15 is 0 Å². The van der Waals surface area contributed by atoms with Gasteiger partial charge >= 0.3 is 23.6 Å². The molecule has 194 valence electrons. The van der Waals surface area contributed by atoms with E-state index in [1.165, 1.54) is 19.2 Å². The highest BCUT2D eigenvalue weighted by Gasteiger charge is 2.64. The number of carbonyl (C=O) groups is 4. The predicted molar refractivity (Wildman–Crippen MR) is 122 cm³/mol. The molecule has 35 heavy (non-hydrogen) atoms. The Kier molecular flexibility index (Phi) is 9.93. The van der Waals surface area contributed by atoms with Crippen LogP contribution in [-0.2, 0) is 43.9 Å². The van der Waals surface area contributed by atoms with Crippen LogP contribution in [0.5, 0.6) is 0 Å². The molecule has 0 aliphatic carbocycles. The Morgan fingerprint density at radius 3 is 2.29 bits per heavy atom. The third-order valence-electron chi connectivity index (χ3n) is 5.52. The smallest absolute Gasteiger partial charge is 0.352 e. The van der Waals surface area contributed by atoms with Gasteiger partial charge in [-0.1, -0.05) is 32.6 Å². The summed E-state index contributed by atoms with van der Waals surface area (Å²) < 4.78 is 22.8. The molecule has 1 aromatic heterocycles. The summed E-state index contributed by atoms with van der Waals surface area (Å²) in [5, 5.41) is 0. The van der Waals surface area contributed by atoms with Crippen LogP contribution in [-0.4, -0.2) is 58.2 Å². The van der Waals surface area contributed by atoms with Gasteiger partial charge in [-0.05, 0) is 12.5 Å². The molecule has 1 saturated heterocycles. The number of nitrogen functional groups attached to an aromatic ring is 1. The minimum absolute atomic E-state index is 0.0224. The SMILES string of the molecule is CCCCCCCC(=O)[C@@]1(n2ccc(N)nc2=O)O[C@H](COC(C)=O)[C@@H](OC(C)=O)[C@H]1OC(C)=O. The number of ketones is 1. The van der Waals surface area contributed by atoms with Gasteiger partial charge in [-0.2, -0.15) is 4.98 Å². The fourth-order valence-corrected chi connectivity index (χ4v) is 4.06. The van der Waals surface area contributed by atoms with Gasteiger partial charge in [-0.3, -0.25) is 23.7 Å². The maximum Gasteiger partial charge on any atom is 0.352 e. The lowest BCUT2D eigenvalue weighted by molar-refractivity contribution is -0.189. The van der Waals surface area contributed by atoms with Gasteiger partial charge in [0.25, 0.3) is 5.72 Å². The number of nitrogens with two attached hydrogens (primary N) is 1. The zero-order chi connectivity index (χ0) is 26.2. The Bertz CT molecular complexity index is 993. The first-order chi connectivity index (χ1) is 16.5. The summed E-state index contributed by atoms with van der Waals surface area (Å²) in [5.74, 6) is -2.89. The largest absolute Gasteiger partial charge is 0.463 e. The maximum absolute atomic E-state index is 13.8. The second-order valence-electron chi connectivity index (χ2n) is 8.35. The van der Waals surface area contributed by atoms with E-state index in [9.17, 15) is 24.0 Å². The summed E-state index contributed by atoms with van der Waals surface area (Å²) in [6, 6.07) is 1.28. The Balaban J connectivity index is 2.62. The van der Waals surface area contributed by atoms with Crippen LogP contribution in [0.15, 0.2) is 17.1 Å². The maximum atomic E-state index is 13.8. The van der Waals surface area contributed by atoms with Crippen LogP contribution in [0, 0.1) is 0 Å². The van der Waals surface area contributed by atoms with Gasteiger partial charge in [-0.15, -0.1) is 0 Å². The third kappa shape index (κ3) is 6.87. The summed E-state index contributed by atoms with van der Waals surface area (Å²) >= 11 is 0. The highest BCUT2D eigenvalue weighted by Crippen LogP contribution is 2.41. The van der Waals surface area contributed by atoms with Crippen LogP contribution in [0.3, 0.4) is 0 Å². The lowest BCUT2D eigenvalue weighted by Gasteiger charge is -2.34. The molecule has 2 N–H and O–H groups in total. The lowest BCUT2D eigenvalue weighted by atomic mass is 9.93. The number of esters is 3. The highest BCUT2D eigenvalue weighted by atomic mass is 16.7. The average molecular weight is 496 g/mol. The number of nitrogens with zero attached hydrogens (tertiary/aromatic N) is 2. The van der Waals surface area contributed by atoms with E-state index in [-0.39, 0.29) is 12.2 Å². The summed E-state index contributed by atoms with van der Waals surface area (Å²) in [6.07, 6.45) is 1.23. The molecule has 1 aromatic rings. The quantitative estimate of drug-likeness (QED) is 0.252. The highest BCUT2D eigenvalue weighted by molar-refractivity contribution is 5.87. The molecule has 1 aliphatic rings. The summed E-state index contributed by atoms with van der Waals surface area (Å²) in [5.41, 5.74) is 2.47. The van der Waals surface area contributed by atoms with Crippen LogP contribution in [0.2, 0.25) is 0 Å². The van der Waals surface area contributed by atoms with Crippen molar-refractivity contribution in [1.82, 2.24) is 9.55 Å². The van der Waals surface area contributed by atoms with Crippen molar-refractivity contribution in [3.05, 3.63) is 22.7 Å². The molecular weight excluding hydrogens is 462 g/mol. The number of hydrogen-bond donors (Lipinski definition) is 1. The number of ether oxygens (including phenoxy) is 4. The van der Waals surface area contributed by atoms with Crippen LogP contribution in [0.25, 0.3) is 0 Å². The molecule has 12 nitrogen and oxygen atoms in total. The molecule has 0 spiro atoms. The monoisotopic (exact) mass is 495 g/mol. The van der Waals surface area contributed by atoms with Crippen molar-refractivity contribution in [2.75, 3.05) is 12.3 Å². The molecule has 0 radical (unpaired) electrons. The van der Waals surface area contributed by atoms with E-state index < -0.39 is 60.0 Å². The van der Waals surface area contributed by atoms with Gasteiger partial charge in [0, 0.05) is 33.4 Å². The van der Waals surface area contributed by atoms with Gasteiger partial charge in [-0.25, -0.2) is 4.79 Å². The van der Waals surface area contributed by atoms with E-state index in [0.29, 0.717) is 6.42 Å². The number of hydrogen-bond acceptors (Lipinski definition) is 11. The van der Waals surface area contributed by atoms with Gasteiger partial charge in [0.15, 0.2) is 18.0 Å². The molecule has 12 heteroatoms. The molecule has 0 saturated carbocycles. The van der Waals surface area contributed by atoms with Gasteiger partial charge in [0.05, 0.1) is 0 Å². The van der Waals surface area contributed by atoms with Crippen LogP contribution >= 0.6 is 0 Å². The molecule has 1 aliphatic heterocycles. The van der Waals surface area contributed by atoms with Gasteiger partial charge in [0.1, 0.15) is 18.5 Å². The molecule has 4 atom stereocenters. The van der Waals surface area contributed by atoms with Gasteiger partial charge in [0.2, 0.25) is 0 Å². The number of Topliss-reactive ketones (excluding diaryl/α,β-unsaturated/α-hetero) is 1. The van der Waals surface area contributed by atoms with Crippen molar-refractivity contribution in [3.63, 3.8) is 0 Å². The number of aromatic nitrogens is 2. The Hall–Kier alpha value is -3.28. The fourth-order valence-electron chi connectivity index (χ4n) is 4.06. The van der Waals surface area contributed by atoms with Crippen molar-refractivity contribution in [2.45, 2.75) is 90.3 Å². The van der Waals surface area contributed by atoms with E-state index in [2.05, 4.69) is 11.9 Å². The minimum Gasteiger partial charge on any atom is -0.463 e. The fraction of sp³-hybridized carbons (Fsp3) is 0.652. The van der Waals surface area contributed by atoms with E-state index in [1.807, 2.05) is 0 Å². The summed E-state index contributed by atoms with van der Waals surface area (Å²) in [7, 11) is 0. The van der Waals surface area contributed by atoms with Crippen LogP contribution in [0.1, 0.15) is 66.2 Å². The van der Waals surface area contributed by atoms with Crippen molar-refractivity contribution in [1.29, 1.82) is 0 Å². The minimum atomic E-state index is -2.22. The Morgan fingerprint density at radius 1 is 1.06 bits per heavy atom. The molecule has 1 fully saturated rings. The Morgan fingerprint density at radius 2 is 1.71 bits per heavy atom. The number of anilines is 1. The van der Waals surface area contributed by atoms with E-state index in [0.717, 1.165) is 44.1 Å². The van der Waals surface area contributed by atoms with Crippen LogP contribution < -0.4 is 11.4 Å². The number of unbranched alkanes of at least 4 members (excludes halogenated alkanes) is 4. The molecule has 2 heterocycles.